The average molecular weight is 303 g/mol. The van der Waals surface area contributed by atoms with Crippen LogP contribution in [0.2, 0.25) is 5.02 Å². The van der Waals surface area contributed by atoms with Gasteiger partial charge in [-0.15, -0.1) is 0 Å². The molecule has 15 heavy (non-hydrogen) atoms. The summed E-state index contributed by atoms with van der Waals surface area (Å²) in [6.45, 7) is 0. The number of nitrogens with two attached hydrogens (primary N) is 1. The Morgan fingerprint density at radius 3 is 2.80 bits per heavy atom. The summed E-state index contributed by atoms with van der Waals surface area (Å²) in [5.41, 5.74) is 8.28. The monoisotopic (exact) mass is 301 g/mol. The van der Waals surface area contributed by atoms with Gasteiger partial charge in [0.25, 0.3) is 0 Å². The molecule has 0 bridgehead atoms. The third-order valence-corrected chi connectivity index (χ3v) is 3.85. The Morgan fingerprint density at radius 1 is 1.33 bits per heavy atom. The Kier molecular flexibility index (Phi) is 3.46. The van der Waals surface area contributed by atoms with E-state index in [1.807, 2.05) is 29.6 Å². The Labute approximate surface area is 106 Å². The van der Waals surface area contributed by atoms with Gasteiger partial charge >= 0.3 is 0 Å². The molecule has 1 unspecified atom stereocenters. The summed E-state index contributed by atoms with van der Waals surface area (Å²) < 4.78 is 0.991. The van der Waals surface area contributed by atoms with E-state index in [2.05, 4.69) is 21.3 Å². The molecule has 0 saturated heterocycles. The fourth-order valence-electron chi connectivity index (χ4n) is 1.38. The van der Waals surface area contributed by atoms with Crippen LogP contribution < -0.4 is 5.73 Å². The molecule has 0 aliphatic rings. The molecule has 2 N–H and O–H groups in total. The summed E-state index contributed by atoms with van der Waals surface area (Å²) in [6, 6.07) is 7.57. The van der Waals surface area contributed by atoms with Crippen molar-refractivity contribution < 1.29 is 0 Å². The second kappa shape index (κ2) is 4.66. The SMILES string of the molecule is NC(c1ccsc1)c1cc(Cl)ccc1Br. The van der Waals surface area contributed by atoms with Gasteiger partial charge in [0.05, 0.1) is 6.04 Å². The van der Waals surface area contributed by atoms with Gasteiger partial charge in [-0.25, -0.2) is 0 Å². The first-order valence-electron chi connectivity index (χ1n) is 4.41. The van der Waals surface area contributed by atoms with E-state index in [0.29, 0.717) is 5.02 Å². The van der Waals surface area contributed by atoms with Crippen LogP contribution in [0.5, 0.6) is 0 Å². The van der Waals surface area contributed by atoms with Gasteiger partial charge in [-0.3, -0.25) is 0 Å². The third-order valence-electron chi connectivity index (χ3n) is 2.20. The van der Waals surface area contributed by atoms with Crippen LogP contribution in [-0.4, -0.2) is 0 Å². The largest absolute Gasteiger partial charge is 0.320 e. The molecule has 0 saturated carbocycles. The summed E-state index contributed by atoms with van der Waals surface area (Å²) >= 11 is 11.1. The molecular weight excluding hydrogens is 294 g/mol. The van der Waals surface area contributed by atoms with Gasteiger partial charge < -0.3 is 5.73 Å². The van der Waals surface area contributed by atoms with Gasteiger partial charge in [-0.2, -0.15) is 11.3 Å². The van der Waals surface area contributed by atoms with Crippen molar-refractivity contribution in [3.8, 4) is 0 Å². The van der Waals surface area contributed by atoms with E-state index in [1.165, 1.54) is 0 Å². The highest BCUT2D eigenvalue weighted by Crippen LogP contribution is 2.30. The first-order valence-corrected chi connectivity index (χ1v) is 6.52. The van der Waals surface area contributed by atoms with Crippen molar-refractivity contribution >= 4 is 38.9 Å². The number of thiophene rings is 1. The van der Waals surface area contributed by atoms with Crippen molar-refractivity contribution in [3.05, 3.63) is 55.6 Å². The van der Waals surface area contributed by atoms with E-state index in [-0.39, 0.29) is 6.04 Å². The third kappa shape index (κ3) is 2.42. The van der Waals surface area contributed by atoms with E-state index < -0.39 is 0 Å². The molecular formula is C11H9BrClNS. The van der Waals surface area contributed by atoms with E-state index in [0.717, 1.165) is 15.6 Å². The second-order valence-electron chi connectivity index (χ2n) is 3.20. The minimum absolute atomic E-state index is 0.121. The first-order chi connectivity index (χ1) is 7.18. The number of hydrogen-bond donors (Lipinski definition) is 1. The lowest BCUT2D eigenvalue weighted by Gasteiger charge is -2.12. The molecule has 2 aromatic rings. The Morgan fingerprint density at radius 2 is 2.13 bits per heavy atom. The minimum Gasteiger partial charge on any atom is -0.320 e. The Balaban J connectivity index is 2.41. The maximum absolute atomic E-state index is 6.15. The van der Waals surface area contributed by atoms with Crippen LogP contribution >= 0.6 is 38.9 Å². The fourth-order valence-corrected chi connectivity index (χ4v) is 2.75. The lowest BCUT2D eigenvalue weighted by atomic mass is 10.0. The first kappa shape index (κ1) is 11.1. The number of hydrogen-bond acceptors (Lipinski definition) is 2. The molecule has 1 atom stereocenters. The molecule has 1 heterocycles. The summed E-state index contributed by atoms with van der Waals surface area (Å²) in [7, 11) is 0. The predicted molar refractivity (Wildman–Crippen MR) is 69.5 cm³/mol. The van der Waals surface area contributed by atoms with Crippen LogP contribution in [0, 0.1) is 0 Å². The number of rotatable bonds is 2. The highest BCUT2D eigenvalue weighted by atomic mass is 79.9. The second-order valence-corrected chi connectivity index (χ2v) is 5.27. The van der Waals surface area contributed by atoms with Gasteiger partial charge in [0.1, 0.15) is 0 Å². The highest BCUT2D eigenvalue weighted by Gasteiger charge is 2.12. The zero-order chi connectivity index (χ0) is 10.8. The van der Waals surface area contributed by atoms with Gasteiger partial charge in [0.15, 0.2) is 0 Å². The molecule has 2 rings (SSSR count). The van der Waals surface area contributed by atoms with Crippen molar-refractivity contribution in [2.75, 3.05) is 0 Å². The van der Waals surface area contributed by atoms with Crippen molar-refractivity contribution in [1.29, 1.82) is 0 Å². The maximum atomic E-state index is 6.15. The summed E-state index contributed by atoms with van der Waals surface area (Å²) in [6.07, 6.45) is 0. The lowest BCUT2D eigenvalue weighted by molar-refractivity contribution is 0.871. The standard InChI is InChI=1S/C11H9BrClNS/c12-10-2-1-8(13)5-9(10)11(14)7-3-4-15-6-7/h1-6,11H,14H2. The molecule has 4 heteroatoms. The van der Waals surface area contributed by atoms with E-state index in [4.69, 9.17) is 17.3 Å². The molecule has 0 aliphatic heterocycles. The normalized spacial score (nSPS) is 12.7. The predicted octanol–water partition coefficient (Wildman–Crippen LogP) is 4.21. The van der Waals surface area contributed by atoms with Crippen LogP contribution in [0.15, 0.2) is 39.5 Å². The summed E-state index contributed by atoms with van der Waals surface area (Å²) in [5, 5.41) is 4.78. The molecule has 1 nitrogen and oxygen atoms in total. The van der Waals surface area contributed by atoms with Crippen molar-refractivity contribution in [1.82, 2.24) is 0 Å². The van der Waals surface area contributed by atoms with Gasteiger partial charge in [0.2, 0.25) is 0 Å². The van der Waals surface area contributed by atoms with Crippen molar-refractivity contribution in [3.63, 3.8) is 0 Å². The minimum atomic E-state index is -0.121. The number of halogens is 2. The quantitative estimate of drug-likeness (QED) is 0.883. The van der Waals surface area contributed by atoms with E-state index in [9.17, 15) is 0 Å². The van der Waals surface area contributed by atoms with E-state index in [1.54, 1.807) is 11.3 Å². The zero-order valence-corrected chi connectivity index (χ0v) is 10.9. The Bertz CT molecular complexity index is 456. The molecule has 0 aliphatic carbocycles. The highest BCUT2D eigenvalue weighted by molar-refractivity contribution is 9.10. The molecule has 0 radical (unpaired) electrons. The Hall–Kier alpha value is -0.350. The zero-order valence-electron chi connectivity index (χ0n) is 7.78. The summed E-state index contributed by atoms with van der Waals surface area (Å²) in [4.78, 5) is 0. The van der Waals surface area contributed by atoms with E-state index >= 15 is 0 Å². The lowest BCUT2D eigenvalue weighted by Crippen LogP contribution is -2.11. The molecule has 1 aromatic heterocycles. The number of benzene rings is 1. The van der Waals surface area contributed by atoms with Gasteiger partial charge in [0, 0.05) is 9.50 Å². The fraction of sp³-hybridized carbons (Fsp3) is 0.0909. The van der Waals surface area contributed by atoms with Crippen LogP contribution in [0.3, 0.4) is 0 Å². The van der Waals surface area contributed by atoms with Crippen LogP contribution in [0.25, 0.3) is 0 Å². The van der Waals surface area contributed by atoms with Crippen LogP contribution in [0.1, 0.15) is 17.2 Å². The molecule has 0 spiro atoms. The van der Waals surface area contributed by atoms with Crippen LogP contribution in [-0.2, 0) is 0 Å². The average Bonchev–Trinajstić information content (AvgIpc) is 2.74. The van der Waals surface area contributed by atoms with Crippen LogP contribution in [0.4, 0.5) is 0 Å². The smallest absolute Gasteiger partial charge is 0.0571 e. The summed E-state index contributed by atoms with van der Waals surface area (Å²) in [5.74, 6) is 0. The van der Waals surface area contributed by atoms with Gasteiger partial charge in [-0.1, -0.05) is 27.5 Å². The maximum Gasteiger partial charge on any atom is 0.0571 e. The molecule has 0 fully saturated rings. The van der Waals surface area contributed by atoms with Crippen molar-refractivity contribution in [2.45, 2.75) is 6.04 Å². The molecule has 0 amide bonds. The molecule has 1 aromatic carbocycles. The topological polar surface area (TPSA) is 26.0 Å². The van der Waals surface area contributed by atoms with Crippen molar-refractivity contribution in [2.24, 2.45) is 5.73 Å². The molecule has 78 valence electrons. The van der Waals surface area contributed by atoms with Gasteiger partial charge in [-0.05, 0) is 46.2 Å².